The van der Waals surface area contributed by atoms with E-state index in [0.717, 1.165) is 42.5 Å². The van der Waals surface area contributed by atoms with Crippen LogP contribution in [-0.4, -0.2) is 187 Å². The van der Waals surface area contributed by atoms with Gasteiger partial charge < -0.3 is 49.6 Å². The molecule has 5 amide bonds. The predicted octanol–water partition coefficient (Wildman–Crippen LogP) is 1.97. The molecule has 0 spiro atoms. The van der Waals surface area contributed by atoms with Gasteiger partial charge in [0, 0.05) is 68.9 Å². The number of aliphatic hydroxyl groups is 1. The maximum atomic E-state index is 13.4. The van der Waals surface area contributed by atoms with Crippen LogP contribution < -0.4 is 31.7 Å². The number of ether oxygens (including phenoxy) is 5. The lowest BCUT2D eigenvalue weighted by atomic mass is 10.0. The fourth-order valence-corrected chi connectivity index (χ4v) is 8.96. The topological polar surface area (TPSA) is 275 Å². The van der Waals surface area contributed by atoms with Crippen molar-refractivity contribution in [2.75, 3.05) is 127 Å². The monoisotopic (exact) mass is 1060 g/mol. The molecule has 3 aliphatic heterocycles. The standard InChI is InChI=1S/C53H66N12O12/c1-4-19-63-49(69)39-34-56-52(60-47(39)65(63)43-10-6-9-42(58-43)53(2,3)72)57-36-11-13-37(14-12-36)62-22-20-61(21-23-62)35-45(67)55-18-25-74-27-29-76-31-33-77-32-30-75-28-26-73-24-17-54-40-8-5-7-38-46(40)51(71)64(50(38)70)41-15-16-44(66)59-48(41)68/h4-14,34,41,54,72H,1,15-33,35H2,2-3H3,(H,55,67)(H,56,57,60)(H,59,66,68). The number of benzene rings is 2. The summed E-state index contributed by atoms with van der Waals surface area (Å²) in [5.74, 6) is -1.55. The number of carbonyl (C=O) groups is 5. The summed E-state index contributed by atoms with van der Waals surface area (Å²) in [6.07, 6.45) is 3.26. The molecule has 5 N–H and O–H groups in total. The quantitative estimate of drug-likeness (QED) is 0.0260. The molecule has 77 heavy (non-hydrogen) atoms. The van der Waals surface area contributed by atoms with Gasteiger partial charge in [-0.1, -0.05) is 18.2 Å². The summed E-state index contributed by atoms with van der Waals surface area (Å²) in [5.41, 5.74) is 2.01. The van der Waals surface area contributed by atoms with Crippen LogP contribution in [-0.2, 0) is 50.2 Å². The van der Waals surface area contributed by atoms with E-state index in [-0.39, 0.29) is 42.0 Å². The lowest BCUT2D eigenvalue weighted by molar-refractivity contribution is -0.136. The molecule has 8 rings (SSSR count). The predicted molar refractivity (Wildman–Crippen MR) is 283 cm³/mol. The number of carbonyl (C=O) groups excluding carboxylic acids is 5. The largest absolute Gasteiger partial charge is 0.384 e. The van der Waals surface area contributed by atoms with E-state index >= 15 is 0 Å². The highest BCUT2D eigenvalue weighted by atomic mass is 16.6. The van der Waals surface area contributed by atoms with Gasteiger partial charge in [-0.3, -0.25) is 43.9 Å². The first-order valence-electron chi connectivity index (χ1n) is 25.7. The van der Waals surface area contributed by atoms with E-state index in [2.05, 4.69) is 47.6 Å². The van der Waals surface area contributed by atoms with Crippen molar-refractivity contribution in [1.29, 1.82) is 0 Å². The number of piperazine rings is 1. The Balaban J connectivity index is 0.622. The van der Waals surface area contributed by atoms with Crippen LogP contribution in [0.3, 0.4) is 0 Å². The molecule has 2 saturated heterocycles. The van der Waals surface area contributed by atoms with E-state index in [0.29, 0.717) is 120 Å². The third-order valence-electron chi connectivity index (χ3n) is 12.9. The highest BCUT2D eigenvalue weighted by Gasteiger charge is 2.45. The van der Waals surface area contributed by atoms with Gasteiger partial charge >= 0.3 is 0 Å². The minimum atomic E-state index is -1.19. The van der Waals surface area contributed by atoms with Crippen LogP contribution in [0, 0.1) is 0 Å². The molecule has 410 valence electrons. The number of aromatic nitrogens is 5. The number of rotatable bonds is 29. The fourth-order valence-electron chi connectivity index (χ4n) is 8.96. The van der Waals surface area contributed by atoms with Gasteiger partial charge in [0.15, 0.2) is 11.5 Å². The van der Waals surface area contributed by atoms with E-state index in [1.54, 1.807) is 61.0 Å². The number of amides is 5. The average Bonchev–Trinajstić information content (AvgIpc) is 3.84. The van der Waals surface area contributed by atoms with Crippen LogP contribution in [0.15, 0.2) is 84.3 Å². The molecule has 5 aromatic rings. The molecular formula is C53H66N12O12. The molecule has 3 aromatic heterocycles. The molecule has 0 radical (unpaired) electrons. The molecular weight excluding hydrogens is 997 g/mol. The van der Waals surface area contributed by atoms with E-state index in [4.69, 9.17) is 28.7 Å². The molecule has 24 nitrogen and oxygen atoms in total. The molecule has 3 aliphatic rings. The zero-order chi connectivity index (χ0) is 54.3. The third kappa shape index (κ3) is 14.3. The molecule has 0 bridgehead atoms. The normalized spacial score (nSPS) is 16.0. The van der Waals surface area contributed by atoms with Gasteiger partial charge in [-0.25, -0.2) is 19.3 Å². The van der Waals surface area contributed by atoms with Crippen LogP contribution >= 0.6 is 0 Å². The first-order valence-corrected chi connectivity index (χ1v) is 25.7. The second-order valence-electron chi connectivity index (χ2n) is 18.8. The summed E-state index contributed by atoms with van der Waals surface area (Å²) in [4.78, 5) is 95.4. The van der Waals surface area contributed by atoms with E-state index in [1.165, 1.54) is 10.9 Å². The van der Waals surface area contributed by atoms with Gasteiger partial charge in [0.05, 0.1) is 96.0 Å². The molecule has 2 aromatic carbocycles. The zero-order valence-corrected chi connectivity index (χ0v) is 43.4. The second kappa shape index (κ2) is 26.5. The van der Waals surface area contributed by atoms with Gasteiger partial charge in [-0.15, -0.1) is 6.58 Å². The van der Waals surface area contributed by atoms with Crippen molar-refractivity contribution in [3.05, 3.63) is 107 Å². The van der Waals surface area contributed by atoms with E-state index < -0.39 is 35.3 Å². The highest BCUT2D eigenvalue weighted by Crippen LogP contribution is 2.32. The zero-order valence-electron chi connectivity index (χ0n) is 43.4. The Morgan fingerprint density at radius 1 is 0.805 bits per heavy atom. The fraction of sp³-hybridized carbons (Fsp3) is 0.453. The smallest absolute Gasteiger partial charge is 0.278 e. The van der Waals surface area contributed by atoms with Crippen LogP contribution in [0.4, 0.5) is 23.0 Å². The number of imide groups is 2. The molecule has 24 heteroatoms. The lowest BCUT2D eigenvalue weighted by Crippen LogP contribution is -2.54. The Hall–Kier alpha value is -7.45. The molecule has 6 heterocycles. The maximum absolute atomic E-state index is 13.4. The minimum absolute atomic E-state index is 0.0535. The highest BCUT2D eigenvalue weighted by molar-refractivity contribution is 6.25. The summed E-state index contributed by atoms with van der Waals surface area (Å²) in [6, 6.07) is 17.1. The van der Waals surface area contributed by atoms with Crippen LogP contribution in [0.25, 0.3) is 16.9 Å². The summed E-state index contributed by atoms with van der Waals surface area (Å²) >= 11 is 0. The molecule has 0 aliphatic carbocycles. The first-order chi connectivity index (χ1) is 37.3. The molecule has 2 fully saturated rings. The Kier molecular flexibility index (Phi) is 19.2. The number of pyridine rings is 1. The summed E-state index contributed by atoms with van der Waals surface area (Å²) in [6.45, 7) is 15.1. The van der Waals surface area contributed by atoms with Gasteiger partial charge in [0.25, 0.3) is 17.4 Å². The third-order valence-corrected chi connectivity index (χ3v) is 12.9. The van der Waals surface area contributed by atoms with Crippen molar-refractivity contribution >= 4 is 63.6 Å². The van der Waals surface area contributed by atoms with Crippen molar-refractivity contribution in [1.82, 2.24) is 44.7 Å². The van der Waals surface area contributed by atoms with Crippen molar-refractivity contribution < 1.29 is 52.8 Å². The van der Waals surface area contributed by atoms with Crippen molar-refractivity contribution in [2.45, 2.75) is 44.9 Å². The van der Waals surface area contributed by atoms with Crippen molar-refractivity contribution in [3.63, 3.8) is 0 Å². The lowest BCUT2D eigenvalue weighted by Gasteiger charge is -2.35. The van der Waals surface area contributed by atoms with Crippen molar-refractivity contribution in [2.24, 2.45) is 0 Å². The SMILES string of the molecule is C=CCn1c(=O)c2cnc(Nc3ccc(N4CCN(CC(=O)NCCOCCOCCOCCOCCOCCNc5cccc6c5C(=O)N(C5CCC(=O)NC5=O)C6=O)CC4)cc3)nc2n1-c1cccc(C(C)(C)O)n1. The molecule has 0 saturated carbocycles. The molecule has 1 atom stereocenters. The summed E-state index contributed by atoms with van der Waals surface area (Å²) < 4.78 is 31.0. The average molecular weight is 1060 g/mol. The minimum Gasteiger partial charge on any atom is -0.384 e. The number of allylic oxidation sites excluding steroid dienone is 1. The number of anilines is 4. The van der Waals surface area contributed by atoms with Gasteiger partial charge in [0.2, 0.25) is 23.7 Å². The maximum Gasteiger partial charge on any atom is 0.278 e. The van der Waals surface area contributed by atoms with Crippen LogP contribution in [0.1, 0.15) is 53.1 Å². The number of fused-ring (bicyclic) bond motifs is 2. The Morgan fingerprint density at radius 3 is 2.10 bits per heavy atom. The van der Waals surface area contributed by atoms with Crippen LogP contribution in [0.2, 0.25) is 0 Å². The van der Waals surface area contributed by atoms with Crippen molar-refractivity contribution in [3.8, 4) is 5.82 Å². The Morgan fingerprint density at radius 2 is 1.45 bits per heavy atom. The first kappa shape index (κ1) is 55.8. The summed E-state index contributed by atoms with van der Waals surface area (Å²) in [7, 11) is 0. The Labute approximate surface area is 444 Å². The second-order valence-corrected chi connectivity index (χ2v) is 18.8. The number of hydrogen-bond acceptors (Lipinski definition) is 19. The Bertz CT molecular complexity index is 2950. The van der Waals surface area contributed by atoms with Gasteiger partial charge in [-0.2, -0.15) is 4.98 Å². The molecule has 1 unspecified atom stereocenters. The number of nitrogens with one attached hydrogen (secondary N) is 4. The van der Waals surface area contributed by atoms with Gasteiger partial charge in [-0.05, 0) is 68.8 Å². The van der Waals surface area contributed by atoms with E-state index in [1.807, 2.05) is 24.3 Å². The summed E-state index contributed by atoms with van der Waals surface area (Å²) in [5, 5.41) is 22.4. The number of nitrogens with zero attached hydrogens (tertiary/aromatic N) is 8. The van der Waals surface area contributed by atoms with Crippen LogP contribution in [0.5, 0.6) is 0 Å². The number of hydrogen-bond donors (Lipinski definition) is 5. The van der Waals surface area contributed by atoms with Gasteiger partial charge in [0.1, 0.15) is 17.0 Å². The number of piperidine rings is 1. The van der Waals surface area contributed by atoms with E-state index in [9.17, 15) is 33.9 Å².